The highest BCUT2D eigenvalue weighted by Gasteiger charge is 2.28. The van der Waals surface area contributed by atoms with Gasteiger partial charge in [-0.1, -0.05) is 70.1 Å². The molecule has 0 aromatic heterocycles. The second-order valence-corrected chi connectivity index (χ2v) is 10.3. The van der Waals surface area contributed by atoms with Gasteiger partial charge in [0.2, 0.25) is 0 Å². The summed E-state index contributed by atoms with van der Waals surface area (Å²) in [6.45, 7) is 1.49. The van der Waals surface area contributed by atoms with Crippen molar-refractivity contribution in [3.63, 3.8) is 0 Å². The Morgan fingerprint density at radius 2 is 1.90 bits per heavy atom. The van der Waals surface area contributed by atoms with E-state index < -0.39 is 20.0 Å². The van der Waals surface area contributed by atoms with E-state index in [4.69, 9.17) is 15.5 Å². The van der Waals surface area contributed by atoms with Crippen molar-refractivity contribution in [1.29, 1.82) is 0 Å². The standard InChI is InChI=1S/C23H40NO5P/c1-2-3-4-5-6-7-8-19-9-11-22-16-20(10-12-21(22)15-19)13-14-23(24,17-25)18-29-30(26,27)28/h10,12,16,19,25H,2-9,11,13-15,17-18,24H2,1H3,(H2,26,27,28). The van der Waals surface area contributed by atoms with Crippen molar-refractivity contribution in [3.8, 4) is 0 Å². The highest BCUT2D eigenvalue weighted by atomic mass is 31.2. The molecule has 0 radical (unpaired) electrons. The number of aryl methyl sites for hydroxylation is 2. The lowest BCUT2D eigenvalue weighted by Crippen LogP contribution is -2.48. The van der Waals surface area contributed by atoms with E-state index in [1.807, 2.05) is 0 Å². The van der Waals surface area contributed by atoms with E-state index in [1.165, 1.54) is 62.5 Å². The molecule has 0 saturated carbocycles. The maximum atomic E-state index is 10.9. The van der Waals surface area contributed by atoms with Gasteiger partial charge in [-0.25, -0.2) is 4.57 Å². The minimum absolute atomic E-state index is 0.376. The molecule has 1 aliphatic rings. The monoisotopic (exact) mass is 441 g/mol. The third-order valence-electron chi connectivity index (χ3n) is 6.31. The Morgan fingerprint density at radius 1 is 1.17 bits per heavy atom. The Labute approximate surface area is 181 Å². The quantitative estimate of drug-likeness (QED) is 0.253. The third-order valence-corrected chi connectivity index (χ3v) is 6.78. The van der Waals surface area contributed by atoms with Gasteiger partial charge in [0.05, 0.1) is 18.8 Å². The van der Waals surface area contributed by atoms with Crippen LogP contribution in [-0.2, 0) is 28.4 Å². The Morgan fingerprint density at radius 3 is 2.60 bits per heavy atom. The van der Waals surface area contributed by atoms with Gasteiger partial charge in [0, 0.05) is 0 Å². The largest absolute Gasteiger partial charge is 0.469 e. The fourth-order valence-corrected chi connectivity index (χ4v) is 4.73. The molecule has 2 unspecified atom stereocenters. The van der Waals surface area contributed by atoms with Crippen LogP contribution >= 0.6 is 7.82 Å². The second-order valence-electron chi connectivity index (χ2n) is 9.05. The number of hydrogen-bond acceptors (Lipinski definition) is 4. The molecule has 0 aliphatic heterocycles. The lowest BCUT2D eigenvalue weighted by molar-refractivity contribution is 0.102. The lowest BCUT2D eigenvalue weighted by atomic mass is 9.80. The molecule has 0 spiro atoms. The molecule has 2 rings (SSSR count). The molecule has 6 nitrogen and oxygen atoms in total. The van der Waals surface area contributed by atoms with E-state index in [1.54, 1.807) is 0 Å². The average molecular weight is 442 g/mol. The van der Waals surface area contributed by atoms with Gasteiger partial charge < -0.3 is 20.6 Å². The van der Waals surface area contributed by atoms with Gasteiger partial charge in [-0.2, -0.15) is 0 Å². The summed E-state index contributed by atoms with van der Waals surface area (Å²) in [6.07, 6.45) is 14.0. The molecular weight excluding hydrogens is 401 g/mol. The van der Waals surface area contributed by atoms with Gasteiger partial charge in [-0.05, 0) is 54.7 Å². The number of unbranched alkanes of at least 4 members (excludes halogenated alkanes) is 5. The molecule has 1 aliphatic carbocycles. The minimum Gasteiger partial charge on any atom is -0.394 e. The zero-order chi connectivity index (χ0) is 22.0. The number of benzene rings is 1. The van der Waals surface area contributed by atoms with Crippen LogP contribution in [0.1, 0.15) is 81.4 Å². The molecule has 0 heterocycles. The molecule has 1 aromatic carbocycles. The van der Waals surface area contributed by atoms with Crippen LogP contribution in [-0.4, -0.2) is 33.6 Å². The first kappa shape index (κ1) is 25.5. The van der Waals surface area contributed by atoms with Gasteiger partial charge in [-0.3, -0.25) is 4.52 Å². The van der Waals surface area contributed by atoms with Gasteiger partial charge in [0.25, 0.3) is 0 Å². The molecule has 0 bridgehead atoms. The van der Waals surface area contributed by atoms with Crippen LogP contribution in [0.2, 0.25) is 0 Å². The first-order valence-electron chi connectivity index (χ1n) is 11.4. The van der Waals surface area contributed by atoms with Crippen LogP contribution in [0.25, 0.3) is 0 Å². The summed E-state index contributed by atoms with van der Waals surface area (Å²) < 4.78 is 15.4. The van der Waals surface area contributed by atoms with Crippen LogP contribution in [0.15, 0.2) is 18.2 Å². The predicted molar refractivity (Wildman–Crippen MR) is 120 cm³/mol. The average Bonchev–Trinajstić information content (AvgIpc) is 2.72. The number of phosphoric ester groups is 1. The molecule has 7 heteroatoms. The highest BCUT2D eigenvalue weighted by molar-refractivity contribution is 7.46. The fourth-order valence-electron chi connectivity index (χ4n) is 4.30. The van der Waals surface area contributed by atoms with Crippen LogP contribution in [0.3, 0.4) is 0 Å². The molecule has 2 atom stereocenters. The Hall–Kier alpha value is -0.750. The van der Waals surface area contributed by atoms with Crippen molar-refractivity contribution >= 4 is 7.82 Å². The Bertz CT molecular complexity index is 692. The Balaban J connectivity index is 1.80. The highest BCUT2D eigenvalue weighted by Crippen LogP contribution is 2.37. The number of aliphatic hydroxyl groups is 1. The van der Waals surface area contributed by atoms with Crippen LogP contribution in [0, 0.1) is 5.92 Å². The summed E-state index contributed by atoms with van der Waals surface area (Å²) in [7, 11) is -4.60. The number of rotatable bonds is 14. The van der Waals surface area contributed by atoms with Gasteiger partial charge in [0.15, 0.2) is 0 Å². The number of aliphatic hydroxyl groups excluding tert-OH is 1. The zero-order valence-corrected chi connectivity index (χ0v) is 19.3. The SMILES string of the molecule is CCCCCCCCC1CCc2cc(CCC(N)(CO)COP(=O)(O)O)ccc2C1. The minimum atomic E-state index is -4.60. The van der Waals surface area contributed by atoms with E-state index >= 15 is 0 Å². The van der Waals surface area contributed by atoms with Gasteiger partial charge in [-0.15, -0.1) is 0 Å². The number of hydrogen-bond donors (Lipinski definition) is 4. The molecule has 5 N–H and O–H groups in total. The van der Waals surface area contributed by atoms with E-state index in [2.05, 4.69) is 29.6 Å². The summed E-state index contributed by atoms with van der Waals surface area (Å²) in [5.74, 6) is 0.797. The molecule has 0 saturated heterocycles. The number of fused-ring (bicyclic) bond motifs is 1. The maximum absolute atomic E-state index is 10.9. The van der Waals surface area contributed by atoms with Crippen molar-refractivity contribution in [2.24, 2.45) is 11.7 Å². The summed E-state index contributed by atoms with van der Waals surface area (Å²) >= 11 is 0. The van der Waals surface area contributed by atoms with Crippen LogP contribution < -0.4 is 5.73 Å². The van der Waals surface area contributed by atoms with Crippen molar-refractivity contribution in [3.05, 3.63) is 34.9 Å². The normalized spacial score (nSPS) is 18.8. The van der Waals surface area contributed by atoms with Crippen LogP contribution in [0.5, 0.6) is 0 Å². The molecular formula is C23H40NO5P. The Kier molecular flexibility index (Phi) is 10.5. The van der Waals surface area contributed by atoms with Crippen molar-refractivity contribution < 1.29 is 24.0 Å². The summed E-state index contributed by atoms with van der Waals surface area (Å²) in [4.78, 5) is 17.7. The smallest absolute Gasteiger partial charge is 0.394 e. The van der Waals surface area contributed by atoms with Gasteiger partial charge >= 0.3 is 7.82 Å². The summed E-state index contributed by atoms with van der Waals surface area (Å²) in [6, 6.07) is 6.58. The molecule has 0 amide bonds. The molecule has 172 valence electrons. The first-order valence-corrected chi connectivity index (χ1v) is 13.0. The van der Waals surface area contributed by atoms with E-state index in [-0.39, 0.29) is 6.61 Å². The van der Waals surface area contributed by atoms with Gasteiger partial charge in [0.1, 0.15) is 0 Å². The van der Waals surface area contributed by atoms with Crippen molar-refractivity contribution in [2.45, 2.75) is 89.5 Å². The molecule has 0 fully saturated rings. The van der Waals surface area contributed by atoms with Crippen LogP contribution in [0.4, 0.5) is 0 Å². The summed E-state index contributed by atoms with van der Waals surface area (Å²) in [5, 5.41) is 9.55. The second kappa shape index (κ2) is 12.3. The zero-order valence-electron chi connectivity index (χ0n) is 18.4. The van der Waals surface area contributed by atoms with E-state index in [0.29, 0.717) is 12.8 Å². The van der Waals surface area contributed by atoms with E-state index in [9.17, 15) is 9.67 Å². The number of nitrogens with two attached hydrogens (primary N) is 1. The topological polar surface area (TPSA) is 113 Å². The molecule has 30 heavy (non-hydrogen) atoms. The first-order chi connectivity index (χ1) is 14.2. The maximum Gasteiger partial charge on any atom is 0.469 e. The third kappa shape index (κ3) is 9.17. The predicted octanol–water partition coefficient (Wildman–Crippen LogP) is 4.27. The molecule has 1 aromatic rings. The lowest BCUT2D eigenvalue weighted by Gasteiger charge is -2.28. The number of phosphoric acid groups is 1. The van der Waals surface area contributed by atoms with E-state index in [0.717, 1.165) is 24.3 Å². The van der Waals surface area contributed by atoms with Crippen molar-refractivity contribution in [1.82, 2.24) is 0 Å². The fraction of sp³-hybridized carbons (Fsp3) is 0.739. The van der Waals surface area contributed by atoms with Crippen molar-refractivity contribution in [2.75, 3.05) is 13.2 Å². The summed E-state index contributed by atoms with van der Waals surface area (Å²) in [5.41, 5.74) is 8.91.